The number of carbonyl (C=O) groups excluding carboxylic acids is 1. The van der Waals surface area contributed by atoms with Gasteiger partial charge in [-0.1, -0.05) is 12.1 Å². The number of anilines is 3. The Morgan fingerprint density at radius 3 is 2.43 bits per heavy atom. The molecule has 0 atom stereocenters. The predicted octanol–water partition coefficient (Wildman–Crippen LogP) is 2.68. The molecule has 0 unspecified atom stereocenters. The zero-order valence-corrected chi connectivity index (χ0v) is 15.9. The van der Waals surface area contributed by atoms with Gasteiger partial charge in [0.25, 0.3) is 0 Å². The highest BCUT2D eigenvalue weighted by atomic mass is 32.2. The molecule has 144 valence electrons. The lowest BCUT2D eigenvalue weighted by Gasteiger charge is -2.09. The van der Waals surface area contributed by atoms with E-state index in [4.69, 9.17) is 5.14 Å². The zero-order valence-electron chi connectivity index (χ0n) is 15.1. The van der Waals surface area contributed by atoms with Gasteiger partial charge >= 0.3 is 0 Å². The normalized spacial score (nSPS) is 11.1. The summed E-state index contributed by atoms with van der Waals surface area (Å²) in [5, 5.41) is 11.4. The molecule has 0 radical (unpaired) electrons. The lowest BCUT2D eigenvalue weighted by Crippen LogP contribution is -2.12. The second-order valence-electron chi connectivity index (χ2n) is 6.09. The molecule has 4 N–H and O–H groups in total. The van der Waals surface area contributed by atoms with E-state index >= 15 is 0 Å². The summed E-state index contributed by atoms with van der Waals surface area (Å²) in [7, 11) is -3.74. The Kier molecular flexibility index (Phi) is 5.67. The van der Waals surface area contributed by atoms with Crippen LogP contribution in [0.1, 0.15) is 22.8 Å². The Morgan fingerprint density at radius 2 is 1.75 bits per heavy atom. The van der Waals surface area contributed by atoms with Crippen molar-refractivity contribution >= 4 is 33.1 Å². The number of rotatable bonds is 7. The van der Waals surface area contributed by atoms with E-state index in [-0.39, 0.29) is 10.7 Å². The summed E-state index contributed by atoms with van der Waals surface area (Å²) in [5.74, 6) is 1.15. The number of ketones is 1. The minimum Gasteiger partial charge on any atom is -0.366 e. The van der Waals surface area contributed by atoms with Gasteiger partial charge in [0, 0.05) is 23.9 Å². The Balaban J connectivity index is 1.67. The molecule has 0 aliphatic carbocycles. The van der Waals surface area contributed by atoms with Crippen molar-refractivity contribution in [2.75, 3.05) is 10.6 Å². The molecule has 0 amide bonds. The van der Waals surface area contributed by atoms with Gasteiger partial charge in [0.05, 0.1) is 4.90 Å². The van der Waals surface area contributed by atoms with Crippen LogP contribution in [0.5, 0.6) is 0 Å². The molecule has 28 heavy (non-hydrogen) atoms. The van der Waals surface area contributed by atoms with Gasteiger partial charge in [-0.2, -0.15) is 0 Å². The molecule has 0 spiro atoms. The number of nitrogens with one attached hydrogen (secondary N) is 2. The number of nitrogens with zero attached hydrogens (tertiary/aromatic N) is 2. The van der Waals surface area contributed by atoms with Crippen LogP contribution in [0.25, 0.3) is 0 Å². The zero-order chi connectivity index (χ0) is 20.1. The van der Waals surface area contributed by atoms with Crippen LogP contribution in [-0.4, -0.2) is 24.2 Å². The van der Waals surface area contributed by atoms with E-state index in [9.17, 15) is 13.2 Å². The van der Waals surface area contributed by atoms with Crippen molar-refractivity contribution in [2.45, 2.75) is 18.4 Å². The Bertz CT molecular complexity index is 1100. The maximum atomic E-state index is 11.4. The van der Waals surface area contributed by atoms with Crippen LogP contribution < -0.4 is 15.8 Å². The standard InChI is InChI=1S/C19H19N5O3S/c1-13(25)15-5-7-16(8-6-15)24-19-10-18(22-12-23-19)21-11-14-3-2-4-17(9-14)28(20,26)27/h2-10,12H,11H2,1H3,(H2,20,26,27)(H2,21,22,23,24). The average molecular weight is 397 g/mol. The van der Waals surface area contributed by atoms with Crippen LogP contribution >= 0.6 is 0 Å². The van der Waals surface area contributed by atoms with E-state index < -0.39 is 10.0 Å². The molecule has 1 heterocycles. The van der Waals surface area contributed by atoms with Gasteiger partial charge in [0.2, 0.25) is 10.0 Å². The molecule has 9 heteroatoms. The Morgan fingerprint density at radius 1 is 1.04 bits per heavy atom. The first-order chi connectivity index (χ1) is 13.3. The topological polar surface area (TPSA) is 127 Å². The van der Waals surface area contributed by atoms with Crippen molar-refractivity contribution in [1.29, 1.82) is 0 Å². The van der Waals surface area contributed by atoms with E-state index in [1.807, 2.05) is 0 Å². The molecular formula is C19H19N5O3S. The SMILES string of the molecule is CC(=O)c1ccc(Nc2cc(NCc3cccc(S(N)(=O)=O)c3)ncn2)cc1. The van der Waals surface area contributed by atoms with Crippen molar-refractivity contribution in [1.82, 2.24) is 9.97 Å². The van der Waals surface area contributed by atoms with Crippen LogP contribution in [0.2, 0.25) is 0 Å². The number of aromatic nitrogens is 2. The average Bonchev–Trinajstić information content (AvgIpc) is 2.67. The highest BCUT2D eigenvalue weighted by Gasteiger charge is 2.08. The summed E-state index contributed by atoms with van der Waals surface area (Å²) in [6.07, 6.45) is 1.41. The largest absolute Gasteiger partial charge is 0.366 e. The number of hydrogen-bond acceptors (Lipinski definition) is 7. The third-order valence-corrected chi connectivity index (χ3v) is 4.84. The molecule has 8 nitrogen and oxygen atoms in total. The van der Waals surface area contributed by atoms with Crippen LogP contribution in [-0.2, 0) is 16.6 Å². The lowest BCUT2D eigenvalue weighted by atomic mass is 10.1. The highest BCUT2D eigenvalue weighted by molar-refractivity contribution is 7.89. The van der Waals surface area contributed by atoms with Crippen molar-refractivity contribution in [2.24, 2.45) is 5.14 Å². The number of sulfonamides is 1. The van der Waals surface area contributed by atoms with Gasteiger partial charge in [-0.25, -0.2) is 23.5 Å². The summed E-state index contributed by atoms with van der Waals surface area (Å²) in [6.45, 7) is 1.89. The maximum Gasteiger partial charge on any atom is 0.238 e. The van der Waals surface area contributed by atoms with Crippen molar-refractivity contribution in [3.63, 3.8) is 0 Å². The molecule has 3 aromatic rings. The number of nitrogens with two attached hydrogens (primary N) is 1. The second-order valence-corrected chi connectivity index (χ2v) is 7.65. The first kappa shape index (κ1) is 19.5. The van der Waals surface area contributed by atoms with Gasteiger partial charge in [-0.05, 0) is 48.9 Å². The summed E-state index contributed by atoms with van der Waals surface area (Å²) >= 11 is 0. The molecule has 0 saturated heterocycles. The lowest BCUT2D eigenvalue weighted by molar-refractivity contribution is 0.101. The number of Topliss-reactive ketones (excluding diaryl/α,β-unsaturated/α-hetero) is 1. The fourth-order valence-electron chi connectivity index (χ4n) is 2.48. The van der Waals surface area contributed by atoms with Gasteiger partial charge in [-0.15, -0.1) is 0 Å². The molecule has 0 aliphatic heterocycles. The summed E-state index contributed by atoms with van der Waals surface area (Å²) in [5.41, 5.74) is 2.17. The van der Waals surface area contributed by atoms with Crippen LogP contribution in [0, 0.1) is 0 Å². The van der Waals surface area contributed by atoms with Gasteiger partial charge in [0.15, 0.2) is 5.78 Å². The van der Waals surface area contributed by atoms with Crippen molar-refractivity contribution < 1.29 is 13.2 Å². The van der Waals surface area contributed by atoms with Crippen LogP contribution in [0.4, 0.5) is 17.3 Å². The Hall–Kier alpha value is -3.30. The fraction of sp³-hybridized carbons (Fsp3) is 0.105. The first-order valence-corrected chi connectivity index (χ1v) is 9.91. The Labute approximate surface area is 162 Å². The fourth-order valence-corrected chi connectivity index (χ4v) is 3.07. The monoisotopic (exact) mass is 397 g/mol. The molecule has 3 rings (SSSR count). The molecular weight excluding hydrogens is 378 g/mol. The molecule has 1 aromatic heterocycles. The summed E-state index contributed by atoms with van der Waals surface area (Å²) in [6, 6.07) is 15.2. The maximum absolute atomic E-state index is 11.4. The van der Waals surface area contributed by atoms with E-state index in [0.29, 0.717) is 23.7 Å². The van der Waals surface area contributed by atoms with E-state index in [1.54, 1.807) is 42.5 Å². The molecule has 0 saturated carbocycles. The minimum absolute atomic E-state index is 0.00609. The van der Waals surface area contributed by atoms with Crippen molar-refractivity contribution in [3.8, 4) is 0 Å². The molecule has 2 aromatic carbocycles. The van der Waals surface area contributed by atoms with Crippen LogP contribution in [0.15, 0.2) is 65.8 Å². The van der Waals surface area contributed by atoms with Gasteiger partial charge in [0.1, 0.15) is 18.0 Å². The van der Waals surface area contributed by atoms with E-state index in [1.165, 1.54) is 25.4 Å². The number of primary sulfonamides is 1. The molecule has 0 fully saturated rings. The first-order valence-electron chi connectivity index (χ1n) is 8.37. The summed E-state index contributed by atoms with van der Waals surface area (Å²) in [4.78, 5) is 19.7. The second kappa shape index (κ2) is 8.15. The third-order valence-electron chi connectivity index (χ3n) is 3.93. The van der Waals surface area contributed by atoms with Crippen LogP contribution in [0.3, 0.4) is 0 Å². The van der Waals surface area contributed by atoms with E-state index in [0.717, 1.165) is 11.3 Å². The molecule has 0 aliphatic rings. The molecule has 0 bridgehead atoms. The predicted molar refractivity (Wildman–Crippen MR) is 107 cm³/mol. The number of hydrogen-bond donors (Lipinski definition) is 3. The third kappa shape index (κ3) is 5.12. The van der Waals surface area contributed by atoms with Gasteiger partial charge < -0.3 is 10.6 Å². The number of carbonyl (C=O) groups is 1. The minimum atomic E-state index is -3.74. The summed E-state index contributed by atoms with van der Waals surface area (Å²) < 4.78 is 22.9. The van der Waals surface area contributed by atoms with Crippen molar-refractivity contribution in [3.05, 3.63) is 72.1 Å². The number of benzene rings is 2. The van der Waals surface area contributed by atoms with E-state index in [2.05, 4.69) is 20.6 Å². The highest BCUT2D eigenvalue weighted by Crippen LogP contribution is 2.18. The van der Waals surface area contributed by atoms with Gasteiger partial charge in [-0.3, -0.25) is 4.79 Å². The quantitative estimate of drug-likeness (QED) is 0.523. The smallest absolute Gasteiger partial charge is 0.238 e.